The van der Waals surface area contributed by atoms with Crippen molar-refractivity contribution < 1.29 is 14.7 Å². The standard InChI is InChI=1S/C13H22N2O3S/c1-8-6-15(7-9(2)19-8)13(18)14-11-4-3-10(5-11)12(16)17/h8-11H,3-7H2,1-2H3,(H,14,18)(H,16,17)/t8?,9?,10-,11+/m1/s1. The van der Waals surface area contributed by atoms with Crippen LogP contribution in [-0.2, 0) is 4.79 Å². The third-order valence-electron chi connectivity index (χ3n) is 3.82. The highest BCUT2D eigenvalue weighted by Gasteiger charge is 2.32. The molecule has 2 fully saturated rings. The van der Waals surface area contributed by atoms with Gasteiger partial charge >= 0.3 is 12.0 Å². The van der Waals surface area contributed by atoms with Crippen LogP contribution in [-0.4, -0.2) is 51.6 Å². The van der Waals surface area contributed by atoms with Crippen molar-refractivity contribution in [2.24, 2.45) is 5.92 Å². The van der Waals surface area contributed by atoms with Crippen molar-refractivity contribution in [3.05, 3.63) is 0 Å². The number of hydrogen-bond donors (Lipinski definition) is 2. The van der Waals surface area contributed by atoms with Crippen LogP contribution in [0.4, 0.5) is 4.79 Å². The molecule has 0 bridgehead atoms. The van der Waals surface area contributed by atoms with E-state index in [0.29, 0.717) is 23.3 Å². The molecule has 2 unspecified atom stereocenters. The number of aliphatic carboxylic acids is 1. The van der Waals surface area contributed by atoms with Crippen molar-refractivity contribution in [2.45, 2.75) is 49.7 Å². The van der Waals surface area contributed by atoms with Crippen LogP contribution in [0.5, 0.6) is 0 Å². The van der Waals surface area contributed by atoms with Gasteiger partial charge in [-0.05, 0) is 19.3 Å². The normalized spacial score (nSPS) is 35.2. The molecule has 1 saturated heterocycles. The quantitative estimate of drug-likeness (QED) is 0.812. The largest absolute Gasteiger partial charge is 0.481 e. The summed E-state index contributed by atoms with van der Waals surface area (Å²) in [4.78, 5) is 24.9. The molecule has 6 heteroatoms. The topological polar surface area (TPSA) is 69.6 Å². The second-order valence-corrected chi connectivity index (χ2v) is 7.54. The molecule has 0 aromatic heterocycles. The van der Waals surface area contributed by atoms with Gasteiger partial charge in [0.05, 0.1) is 5.92 Å². The fourth-order valence-electron chi connectivity index (χ4n) is 2.95. The first-order chi connectivity index (χ1) is 8.95. The molecule has 1 aliphatic carbocycles. The van der Waals surface area contributed by atoms with Crippen LogP contribution in [0, 0.1) is 5.92 Å². The number of thioether (sulfide) groups is 1. The molecule has 1 saturated carbocycles. The Balaban J connectivity index is 1.83. The van der Waals surface area contributed by atoms with E-state index in [2.05, 4.69) is 19.2 Å². The van der Waals surface area contributed by atoms with Crippen molar-refractivity contribution in [1.82, 2.24) is 10.2 Å². The number of carboxylic acids is 1. The van der Waals surface area contributed by atoms with E-state index in [0.717, 1.165) is 19.5 Å². The molecule has 2 N–H and O–H groups in total. The van der Waals surface area contributed by atoms with Gasteiger partial charge in [-0.15, -0.1) is 0 Å². The third kappa shape index (κ3) is 3.78. The summed E-state index contributed by atoms with van der Waals surface area (Å²) in [6, 6.07) is -0.0103. The number of rotatable bonds is 2. The zero-order valence-electron chi connectivity index (χ0n) is 11.5. The van der Waals surface area contributed by atoms with Gasteiger partial charge in [0, 0.05) is 29.6 Å². The van der Waals surface area contributed by atoms with E-state index in [9.17, 15) is 9.59 Å². The first kappa shape index (κ1) is 14.5. The van der Waals surface area contributed by atoms with Gasteiger partial charge in [0.15, 0.2) is 0 Å². The summed E-state index contributed by atoms with van der Waals surface area (Å²) in [5.74, 6) is -1.03. The molecule has 108 valence electrons. The molecule has 0 radical (unpaired) electrons. The number of carboxylic acid groups (broad SMARTS) is 1. The Hall–Kier alpha value is -0.910. The number of hydrogen-bond acceptors (Lipinski definition) is 3. The average molecular weight is 286 g/mol. The van der Waals surface area contributed by atoms with Crippen LogP contribution >= 0.6 is 11.8 Å². The lowest BCUT2D eigenvalue weighted by Gasteiger charge is -2.35. The van der Waals surface area contributed by atoms with Crippen LogP contribution in [0.25, 0.3) is 0 Å². The zero-order chi connectivity index (χ0) is 14.0. The van der Waals surface area contributed by atoms with Gasteiger partial charge < -0.3 is 15.3 Å². The number of nitrogens with one attached hydrogen (secondary N) is 1. The van der Waals surface area contributed by atoms with E-state index in [1.165, 1.54) is 0 Å². The molecule has 0 spiro atoms. The maximum Gasteiger partial charge on any atom is 0.317 e. The Kier molecular flexibility index (Phi) is 4.60. The van der Waals surface area contributed by atoms with Gasteiger partial charge in [-0.1, -0.05) is 13.8 Å². The summed E-state index contributed by atoms with van der Waals surface area (Å²) in [6.07, 6.45) is 2.01. The fraction of sp³-hybridized carbons (Fsp3) is 0.846. The molecule has 2 rings (SSSR count). The summed E-state index contributed by atoms with van der Waals surface area (Å²) in [6.45, 7) is 5.82. The lowest BCUT2D eigenvalue weighted by Crippen LogP contribution is -2.50. The van der Waals surface area contributed by atoms with Crippen LogP contribution in [0.1, 0.15) is 33.1 Å². The average Bonchev–Trinajstić information content (AvgIpc) is 2.76. The van der Waals surface area contributed by atoms with E-state index < -0.39 is 5.97 Å². The van der Waals surface area contributed by atoms with E-state index in [-0.39, 0.29) is 18.0 Å². The molecule has 0 aromatic carbocycles. The molecule has 2 amide bonds. The first-order valence-electron chi connectivity index (χ1n) is 6.89. The third-order valence-corrected chi connectivity index (χ3v) is 5.04. The van der Waals surface area contributed by atoms with E-state index >= 15 is 0 Å². The second-order valence-electron chi connectivity index (χ2n) is 5.66. The highest BCUT2D eigenvalue weighted by Crippen LogP contribution is 2.27. The van der Waals surface area contributed by atoms with Crippen molar-refractivity contribution in [3.8, 4) is 0 Å². The Morgan fingerprint density at radius 3 is 2.37 bits per heavy atom. The van der Waals surface area contributed by atoms with Gasteiger partial charge in [0.25, 0.3) is 0 Å². The minimum atomic E-state index is -0.742. The van der Waals surface area contributed by atoms with Gasteiger partial charge in [-0.2, -0.15) is 11.8 Å². The number of carbonyl (C=O) groups is 2. The van der Waals surface area contributed by atoms with Crippen molar-refractivity contribution in [2.75, 3.05) is 13.1 Å². The monoisotopic (exact) mass is 286 g/mol. The van der Waals surface area contributed by atoms with Gasteiger partial charge in [0.1, 0.15) is 0 Å². The van der Waals surface area contributed by atoms with E-state index in [1.54, 1.807) is 0 Å². The molecule has 5 nitrogen and oxygen atoms in total. The van der Waals surface area contributed by atoms with Gasteiger partial charge in [-0.25, -0.2) is 4.79 Å². The maximum absolute atomic E-state index is 12.2. The number of nitrogens with zero attached hydrogens (tertiary/aromatic N) is 1. The predicted molar refractivity (Wildman–Crippen MR) is 75.4 cm³/mol. The smallest absolute Gasteiger partial charge is 0.317 e. The molecule has 19 heavy (non-hydrogen) atoms. The van der Waals surface area contributed by atoms with Crippen LogP contribution < -0.4 is 5.32 Å². The Labute approximate surface area is 118 Å². The SMILES string of the molecule is CC1CN(C(=O)N[C@H]2CC[C@@H](C(=O)O)C2)CC(C)S1. The number of amides is 2. The molecule has 4 atom stereocenters. The second kappa shape index (κ2) is 6.03. The van der Waals surface area contributed by atoms with Gasteiger partial charge in [-0.3, -0.25) is 4.79 Å². The van der Waals surface area contributed by atoms with Crippen LogP contribution in [0.2, 0.25) is 0 Å². The van der Waals surface area contributed by atoms with Crippen molar-refractivity contribution in [3.63, 3.8) is 0 Å². The van der Waals surface area contributed by atoms with E-state index in [1.807, 2.05) is 16.7 Å². The van der Waals surface area contributed by atoms with Crippen molar-refractivity contribution in [1.29, 1.82) is 0 Å². The number of urea groups is 1. The highest BCUT2D eigenvalue weighted by molar-refractivity contribution is 8.00. The van der Waals surface area contributed by atoms with Crippen LogP contribution in [0.15, 0.2) is 0 Å². The summed E-state index contributed by atoms with van der Waals surface area (Å²) >= 11 is 1.91. The summed E-state index contributed by atoms with van der Waals surface area (Å²) in [7, 11) is 0. The Morgan fingerprint density at radius 1 is 1.21 bits per heavy atom. The molecule has 0 aromatic rings. The van der Waals surface area contributed by atoms with Crippen molar-refractivity contribution >= 4 is 23.8 Å². The predicted octanol–water partition coefficient (Wildman–Crippen LogP) is 1.78. The minimum Gasteiger partial charge on any atom is -0.481 e. The van der Waals surface area contributed by atoms with E-state index in [4.69, 9.17) is 5.11 Å². The highest BCUT2D eigenvalue weighted by atomic mass is 32.2. The lowest BCUT2D eigenvalue weighted by molar-refractivity contribution is -0.141. The molecule has 2 aliphatic rings. The zero-order valence-corrected chi connectivity index (χ0v) is 12.3. The van der Waals surface area contributed by atoms with Gasteiger partial charge in [0.2, 0.25) is 0 Å². The molecular formula is C13H22N2O3S. The molecule has 1 aliphatic heterocycles. The summed E-state index contributed by atoms with van der Waals surface area (Å²) in [5.41, 5.74) is 0. The lowest BCUT2D eigenvalue weighted by atomic mass is 10.1. The minimum absolute atomic E-state index is 0.0220. The Morgan fingerprint density at radius 2 is 1.84 bits per heavy atom. The molecular weight excluding hydrogens is 264 g/mol. The summed E-state index contributed by atoms with van der Waals surface area (Å²) < 4.78 is 0. The first-order valence-corrected chi connectivity index (χ1v) is 7.83. The molecule has 1 heterocycles. The summed E-state index contributed by atoms with van der Waals surface area (Å²) in [5, 5.41) is 12.9. The Bertz CT molecular complexity index is 354. The fourth-order valence-corrected chi connectivity index (χ4v) is 4.27. The maximum atomic E-state index is 12.2. The van der Waals surface area contributed by atoms with Crippen LogP contribution in [0.3, 0.4) is 0 Å². The number of carbonyl (C=O) groups excluding carboxylic acids is 1.